The highest BCUT2D eigenvalue weighted by Crippen LogP contribution is 2.05. The van der Waals surface area contributed by atoms with Gasteiger partial charge in [-0.05, 0) is 11.6 Å². The molecule has 0 radical (unpaired) electrons. The first-order valence-electron chi connectivity index (χ1n) is 3.66. The van der Waals surface area contributed by atoms with E-state index in [4.69, 9.17) is 15.9 Å². The number of rotatable bonds is 3. The molecule has 1 rings (SSSR count). The lowest BCUT2D eigenvalue weighted by Crippen LogP contribution is -2.11. The van der Waals surface area contributed by atoms with Gasteiger partial charge in [0.25, 0.3) is 0 Å². The Balaban J connectivity index is 2.88. The van der Waals surface area contributed by atoms with Crippen LogP contribution < -0.4 is 5.73 Å². The number of nitrogen functional groups attached to an aromatic ring is 1. The second-order valence-electron chi connectivity index (χ2n) is 2.55. The van der Waals surface area contributed by atoms with Crippen LogP contribution in [0.1, 0.15) is 11.1 Å². The second kappa shape index (κ2) is 3.88. The average Bonchev–Trinajstić information content (AvgIpc) is 2.05. The highest BCUT2D eigenvalue weighted by molar-refractivity contribution is 5.95. The summed E-state index contributed by atoms with van der Waals surface area (Å²) in [7, 11) is 1.64. The molecule has 0 spiro atoms. The average molecular weight is 164 g/mol. The van der Waals surface area contributed by atoms with Crippen LogP contribution in [0.15, 0.2) is 24.3 Å². The highest BCUT2D eigenvalue weighted by atomic mass is 16.5. The van der Waals surface area contributed by atoms with Crippen LogP contribution in [0.25, 0.3) is 0 Å². The molecule has 0 unspecified atom stereocenters. The molecule has 0 heterocycles. The lowest BCUT2D eigenvalue weighted by molar-refractivity contribution is 0.185. The predicted molar refractivity (Wildman–Crippen MR) is 48.2 cm³/mol. The summed E-state index contributed by atoms with van der Waals surface area (Å²) in [6.07, 6.45) is 0. The van der Waals surface area contributed by atoms with Gasteiger partial charge in [0.1, 0.15) is 5.84 Å². The van der Waals surface area contributed by atoms with Crippen LogP contribution >= 0.6 is 0 Å². The van der Waals surface area contributed by atoms with Crippen molar-refractivity contribution in [2.75, 3.05) is 7.11 Å². The minimum absolute atomic E-state index is 0.0907. The van der Waals surface area contributed by atoms with E-state index in [9.17, 15) is 0 Å². The number of amidine groups is 1. The van der Waals surface area contributed by atoms with E-state index in [0.717, 1.165) is 11.1 Å². The minimum atomic E-state index is 0.0907. The number of methoxy groups -OCH3 is 1. The van der Waals surface area contributed by atoms with Gasteiger partial charge in [0.2, 0.25) is 0 Å². The molecule has 0 amide bonds. The van der Waals surface area contributed by atoms with Crippen LogP contribution in [-0.2, 0) is 11.3 Å². The Morgan fingerprint density at radius 2 is 2.33 bits per heavy atom. The molecule has 1 aromatic carbocycles. The summed E-state index contributed by atoms with van der Waals surface area (Å²) in [5, 5.41) is 7.20. The van der Waals surface area contributed by atoms with Crippen LogP contribution in [0.3, 0.4) is 0 Å². The molecular weight excluding hydrogens is 152 g/mol. The third-order valence-electron chi connectivity index (χ3n) is 1.55. The Morgan fingerprint density at radius 1 is 1.58 bits per heavy atom. The molecule has 0 bridgehead atoms. The Hall–Kier alpha value is -1.35. The molecule has 12 heavy (non-hydrogen) atoms. The Bertz CT molecular complexity index is 284. The Morgan fingerprint density at radius 3 is 2.92 bits per heavy atom. The highest BCUT2D eigenvalue weighted by Gasteiger charge is 1.96. The summed E-state index contributed by atoms with van der Waals surface area (Å²) in [6.45, 7) is 0.557. The van der Waals surface area contributed by atoms with E-state index in [1.807, 2.05) is 24.3 Å². The van der Waals surface area contributed by atoms with Crippen molar-refractivity contribution in [3.63, 3.8) is 0 Å². The van der Waals surface area contributed by atoms with Crippen LogP contribution in [0.2, 0.25) is 0 Å². The molecule has 0 aliphatic heterocycles. The quantitative estimate of drug-likeness (QED) is 0.519. The first kappa shape index (κ1) is 8.74. The topological polar surface area (TPSA) is 59.1 Å². The monoisotopic (exact) mass is 164 g/mol. The second-order valence-corrected chi connectivity index (χ2v) is 2.55. The fourth-order valence-corrected chi connectivity index (χ4v) is 0.995. The third-order valence-corrected chi connectivity index (χ3v) is 1.55. The van der Waals surface area contributed by atoms with Crippen molar-refractivity contribution in [3.05, 3.63) is 35.4 Å². The van der Waals surface area contributed by atoms with E-state index in [1.54, 1.807) is 7.11 Å². The first-order chi connectivity index (χ1) is 5.74. The molecule has 3 nitrogen and oxygen atoms in total. The fourth-order valence-electron chi connectivity index (χ4n) is 0.995. The minimum Gasteiger partial charge on any atom is -0.384 e. The molecule has 3 heteroatoms. The van der Waals surface area contributed by atoms with Crippen molar-refractivity contribution in [2.45, 2.75) is 6.61 Å². The number of nitrogens with one attached hydrogen (secondary N) is 1. The van der Waals surface area contributed by atoms with E-state index >= 15 is 0 Å². The van der Waals surface area contributed by atoms with Gasteiger partial charge in [-0.1, -0.05) is 18.2 Å². The molecule has 0 aliphatic rings. The predicted octanol–water partition coefficient (Wildman–Crippen LogP) is 1.12. The zero-order valence-electron chi connectivity index (χ0n) is 7.00. The van der Waals surface area contributed by atoms with Crippen LogP contribution in [-0.4, -0.2) is 12.9 Å². The van der Waals surface area contributed by atoms with Crippen molar-refractivity contribution < 1.29 is 4.74 Å². The summed E-state index contributed by atoms with van der Waals surface area (Å²) in [5.41, 5.74) is 7.09. The number of nitrogens with two attached hydrogens (primary N) is 1. The molecule has 1 aromatic rings. The lowest BCUT2D eigenvalue weighted by atomic mass is 10.1. The van der Waals surface area contributed by atoms with E-state index in [1.165, 1.54) is 0 Å². The van der Waals surface area contributed by atoms with Gasteiger partial charge < -0.3 is 10.5 Å². The number of hydrogen-bond donors (Lipinski definition) is 2. The van der Waals surface area contributed by atoms with Crippen LogP contribution in [0.4, 0.5) is 0 Å². The maximum Gasteiger partial charge on any atom is 0.122 e. The van der Waals surface area contributed by atoms with Crippen molar-refractivity contribution in [1.29, 1.82) is 5.41 Å². The Kier molecular flexibility index (Phi) is 2.82. The molecule has 0 aromatic heterocycles. The normalized spacial score (nSPS) is 9.75. The molecule has 0 saturated heterocycles. The van der Waals surface area contributed by atoms with Crippen LogP contribution in [0.5, 0.6) is 0 Å². The van der Waals surface area contributed by atoms with Gasteiger partial charge in [-0.25, -0.2) is 0 Å². The summed E-state index contributed by atoms with van der Waals surface area (Å²) >= 11 is 0. The first-order valence-corrected chi connectivity index (χ1v) is 3.66. The zero-order chi connectivity index (χ0) is 8.97. The number of benzene rings is 1. The van der Waals surface area contributed by atoms with Gasteiger partial charge >= 0.3 is 0 Å². The largest absolute Gasteiger partial charge is 0.384 e. The van der Waals surface area contributed by atoms with E-state index < -0.39 is 0 Å². The number of ether oxygens (including phenoxy) is 1. The van der Waals surface area contributed by atoms with Crippen molar-refractivity contribution in [1.82, 2.24) is 0 Å². The molecule has 0 fully saturated rings. The van der Waals surface area contributed by atoms with Gasteiger partial charge in [0, 0.05) is 12.7 Å². The Labute approximate surface area is 71.7 Å². The summed E-state index contributed by atoms with van der Waals surface area (Å²) in [6, 6.07) is 7.47. The van der Waals surface area contributed by atoms with Crippen LogP contribution in [0, 0.1) is 5.41 Å². The standard InChI is InChI=1S/C9H12N2O/c1-12-6-7-3-2-4-8(5-7)9(10)11/h2-5H,6H2,1H3,(H3,10,11). The SMILES string of the molecule is COCc1cccc(C(=N)N)c1. The smallest absolute Gasteiger partial charge is 0.122 e. The molecule has 0 atom stereocenters. The van der Waals surface area contributed by atoms with E-state index in [-0.39, 0.29) is 5.84 Å². The van der Waals surface area contributed by atoms with Gasteiger partial charge in [0.15, 0.2) is 0 Å². The van der Waals surface area contributed by atoms with Gasteiger partial charge in [-0.3, -0.25) is 5.41 Å². The van der Waals surface area contributed by atoms with Gasteiger partial charge in [0.05, 0.1) is 6.61 Å². The number of hydrogen-bond acceptors (Lipinski definition) is 2. The maximum absolute atomic E-state index is 7.20. The summed E-state index contributed by atoms with van der Waals surface area (Å²) in [5.74, 6) is 0.0907. The molecule has 0 aliphatic carbocycles. The van der Waals surface area contributed by atoms with Gasteiger partial charge in [-0.2, -0.15) is 0 Å². The van der Waals surface area contributed by atoms with Crippen molar-refractivity contribution in [3.8, 4) is 0 Å². The summed E-state index contributed by atoms with van der Waals surface area (Å²) in [4.78, 5) is 0. The molecule has 3 N–H and O–H groups in total. The maximum atomic E-state index is 7.20. The summed E-state index contributed by atoms with van der Waals surface area (Å²) < 4.78 is 4.95. The zero-order valence-corrected chi connectivity index (χ0v) is 7.00. The van der Waals surface area contributed by atoms with Gasteiger partial charge in [-0.15, -0.1) is 0 Å². The van der Waals surface area contributed by atoms with Crippen molar-refractivity contribution >= 4 is 5.84 Å². The molecule has 0 saturated carbocycles. The fraction of sp³-hybridized carbons (Fsp3) is 0.222. The molecular formula is C9H12N2O. The third kappa shape index (κ3) is 2.07. The molecule has 64 valence electrons. The van der Waals surface area contributed by atoms with Crippen molar-refractivity contribution in [2.24, 2.45) is 5.73 Å². The lowest BCUT2D eigenvalue weighted by Gasteiger charge is -2.01. The van der Waals surface area contributed by atoms with E-state index in [2.05, 4.69) is 0 Å². The van der Waals surface area contributed by atoms with E-state index in [0.29, 0.717) is 6.61 Å².